The predicted octanol–water partition coefficient (Wildman–Crippen LogP) is -0.457. The van der Waals surface area contributed by atoms with Gasteiger partial charge in [-0.15, -0.1) is 5.56 Å². The topological polar surface area (TPSA) is 0 Å². The summed E-state index contributed by atoms with van der Waals surface area (Å²) in [5.41, 5.74) is 5.51. The molecule has 1 aliphatic rings. The first kappa shape index (κ1) is 29.2. The maximum Gasteiger partial charge on any atom is 4.00 e. The summed E-state index contributed by atoms with van der Waals surface area (Å²) in [6, 6.07) is 49.4. The summed E-state index contributed by atoms with van der Waals surface area (Å²) in [5, 5.41) is 2.90. The van der Waals surface area contributed by atoms with E-state index < -0.39 is 0 Å². The maximum absolute atomic E-state index is 3.30. The molecule has 34 heavy (non-hydrogen) atoms. The molecule has 0 atom stereocenters. The van der Waals surface area contributed by atoms with E-state index in [-0.39, 0.29) is 45.1 Å². The maximum atomic E-state index is 3.30. The van der Waals surface area contributed by atoms with E-state index in [0.29, 0.717) is 0 Å². The molecule has 0 fully saturated rings. The van der Waals surface area contributed by atoms with Gasteiger partial charge in [-0.1, -0.05) is 106 Å². The summed E-state index contributed by atoms with van der Waals surface area (Å²) >= 11 is 0. The van der Waals surface area contributed by atoms with E-state index in [4.69, 9.17) is 0 Å². The second-order valence-electron chi connectivity index (χ2n) is 7.32. The molecule has 1 aliphatic carbocycles. The van der Waals surface area contributed by atoms with Gasteiger partial charge in [0, 0.05) is 0 Å². The van der Waals surface area contributed by atoms with Crippen molar-refractivity contribution in [2.45, 2.75) is 6.42 Å². The molecule has 4 heteroatoms. The van der Waals surface area contributed by atoms with E-state index in [1.807, 2.05) is 36.4 Å². The second-order valence-corrected chi connectivity index (χ2v) is 8.95. The first-order valence-corrected chi connectivity index (χ1v) is 11.7. The first-order chi connectivity index (χ1) is 15.4. The van der Waals surface area contributed by atoms with Crippen molar-refractivity contribution in [2.75, 3.05) is 0 Å². The van der Waals surface area contributed by atoms with Crippen LogP contribution in [0.4, 0.5) is 0 Å². The number of fused-ring (bicyclic) bond motifs is 3. The molecule has 0 nitrogen and oxygen atoms in total. The molecule has 167 valence electrons. The molecule has 0 bridgehead atoms. The molecule has 0 aliphatic heterocycles. The van der Waals surface area contributed by atoms with Crippen molar-refractivity contribution in [1.29, 1.82) is 0 Å². The fourth-order valence-corrected chi connectivity index (χ4v) is 4.82. The van der Waals surface area contributed by atoms with Crippen LogP contribution in [-0.4, -0.2) is 9.52 Å². The van der Waals surface area contributed by atoms with Crippen molar-refractivity contribution >= 4 is 19.9 Å². The summed E-state index contributed by atoms with van der Waals surface area (Å²) in [5.74, 6) is 0. The molecule has 0 N–H and O–H groups in total. The number of rotatable bonds is 2. The van der Waals surface area contributed by atoms with E-state index in [1.54, 1.807) is 0 Å². The zero-order valence-corrected chi connectivity index (χ0v) is 22.4. The van der Waals surface area contributed by atoms with Gasteiger partial charge in [-0.2, -0.15) is 48.0 Å². The van der Waals surface area contributed by atoms with Crippen LogP contribution in [0.3, 0.4) is 0 Å². The average molecular weight is 543 g/mol. The smallest absolute Gasteiger partial charge is 1.00 e. The molecule has 0 spiro atoms. The van der Waals surface area contributed by atoms with Crippen LogP contribution in [-0.2, 0) is 32.6 Å². The molecule has 0 aromatic heterocycles. The molecular weight excluding hydrogens is 518 g/mol. The van der Waals surface area contributed by atoms with Crippen molar-refractivity contribution in [3.05, 3.63) is 151 Å². The minimum Gasteiger partial charge on any atom is -1.00 e. The Hall–Kier alpha value is -2.81. The van der Waals surface area contributed by atoms with E-state index in [2.05, 4.69) is 103 Å². The SMILES string of the molecule is [F-].[F-].[Zr+4].[c-]1cccc2c1Cc1ccccc1-2.c1cc[cH-]c1.c1ccc([SiH]c2ccccc2)cc1. The van der Waals surface area contributed by atoms with Crippen LogP contribution in [0.1, 0.15) is 11.1 Å². The Kier molecular flexibility index (Phi) is 13.7. The van der Waals surface area contributed by atoms with E-state index in [0.717, 1.165) is 6.42 Å². The molecule has 5 aromatic rings. The molecule has 0 heterocycles. The van der Waals surface area contributed by atoms with Gasteiger partial charge in [-0.05, 0) is 6.42 Å². The molecule has 5 aromatic carbocycles. The third kappa shape index (κ3) is 8.52. The number of hydrogen-bond acceptors (Lipinski definition) is 0. The summed E-state index contributed by atoms with van der Waals surface area (Å²) in [6.07, 6.45) is 1.05. The number of halogens is 2. The first-order valence-electron chi connectivity index (χ1n) is 10.6. The Morgan fingerprint density at radius 2 is 1.12 bits per heavy atom. The van der Waals surface area contributed by atoms with Gasteiger partial charge in [-0.3, -0.25) is 0 Å². The number of benzene rings is 4. The van der Waals surface area contributed by atoms with Gasteiger partial charge in [0.15, 0.2) is 0 Å². The zero-order valence-electron chi connectivity index (χ0n) is 18.7. The third-order valence-corrected chi connectivity index (χ3v) is 6.54. The Labute approximate surface area is 222 Å². The Balaban J connectivity index is 0.000000264. The van der Waals surface area contributed by atoms with Gasteiger partial charge >= 0.3 is 26.2 Å². The van der Waals surface area contributed by atoms with Gasteiger partial charge in [-0.25, -0.2) is 12.1 Å². The van der Waals surface area contributed by atoms with Gasteiger partial charge in [0.25, 0.3) is 0 Å². The molecule has 0 unspecified atom stereocenters. The minimum atomic E-state index is 0. The molecule has 6 rings (SSSR count). The molecule has 0 saturated carbocycles. The van der Waals surface area contributed by atoms with Crippen molar-refractivity contribution in [1.82, 2.24) is 0 Å². The van der Waals surface area contributed by atoms with Crippen LogP contribution in [0.2, 0.25) is 0 Å². The number of hydrogen-bond donors (Lipinski definition) is 0. The summed E-state index contributed by atoms with van der Waals surface area (Å²) < 4.78 is 0. The van der Waals surface area contributed by atoms with E-state index >= 15 is 0 Å². The van der Waals surface area contributed by atoms with Crippen molar-refractivity contribution in [3.8, 4) is 11.1 Å². The van der Waals surface area contributed by atoms with E-state index in [9.17, 15) is 0 Å². The second kappa shape index (κ2) is 15.9. The predicted molar refractivity (Wildman–Crippen MR) is 135 cm³/mol. The average Bonchev–Trinajstić information content (AvgIpc) is 3.53. The molecule has 0 amide bonds. The zero-order chi connectivity index (χ0) is 21.1. The van der Waals surface area contributed by atoms with Gasteiger partial charge in [0.05, 0.1) is 0 Å². The Morgan fingerprint density at radius 1 is 0.588 bits per heavy atom. The van der Waals surface area contributed by atoms with Crippen molar-refractivity contribution in [2.24, 2.45) is 0 Å². The Bertz CT molecular complexity index is 1080. The molecule has 0 saturated heterocycles. The molecule has 1 radical (unpaired) electrons. The van der Waals surface area contributed by atoms with Crippen molar-refractivity contribution in [3.63, 3.8) is 0 Å². The fourth-order valence-electron chi connectivity index (χ4n) is 3.61. The van der Waals surface area contributed by atoms with Crippen LogP contribution in [0.25, 0.3) is 11.1 Å². The summed E-state index contributed by atoms with van der Waals surface area (Å²) in [7, 11) is 0.271. The molecular formula is C30H25F2SiZr. The normalized spacial score (nSPS) is 9.65. The van der Waals surface area contributed by atoms with Gasteiger partial charge in [0.1, 0.15) is 9.52 Å². The van der Waals surface area contributed by atoms with Crippen LogP contribution in [0, 0.1) is 6.07 Å². The largest absolute Gasteiger partial charge is 4.00 e. The minimum absolute atomic E-state index is 0. The monoisotopic (exact) mass is 541 g/mol. The third-order valence-electron chi connectivity index (χ3n) is 5.10. The van der Waals surface area contributed by atoms with Crippen LogP contribution in [0.15, 0.2) is 133 Å². The standard InChI is InChI=1S/C13H9.C12H11Si.C5H5.2FH.Zr/c1-3-7-12-10(5-1)9-11-6-2-4-8-13(11)12;1-3-7-11(8-4-1)13-12-9-5-2-6-10-12;1-2-4-5-3-1;;;/h1-5,7-8H,9H2;1-10,13H;1-5H;2*1H;/q-1;;-1;;;+4/p-2. The fraction of sp³-hybridized carbons (Fsp3) is 0.0333. The quantitative estimate of drug-likeness (QED) is 0.205. The van der Waals surface area contributed by atoms with Gasteiger partial charge < -0.3 is 9.41 Å². The van der Waals surface area contributed by atoms with Crippen LogP contribution in [0.5, 0.6) is 0 Å². The summed E-state index contributed by atoms with van der Waals surface area (Å²) in [6.45, 7) is 0. The van der Waals surface area contributed by atoms with Crippen LogP contribution >= 0.6 is 0 Å². The Morgan fingerprint density at radius 3 is 1.68 bits per heavy atom. The van der Waals surface area contributed by atoms with E-state index in [1.165, 1.54) is 32.6 Å². The van der Waals surface area contributed by atoms with Crippen LogP contribution < -0.4 is 19.8 Å². The van der Waals surface area contributed by atoms with Gasteiger partial charge in [0.2, 0.25) is 0 Å². The van der Waals surface area contributed by atoms with Crippen molar-refractivity contribution < 1.29 is 35.6 Å². The summed E-state index contributed by atoms with van der Waals surface area (Å²) in [4.78, 5) is 0.